The SMILES string of the molecule is CCCC1CCCCN1c1nc(CNC)co1. The highest BCUT2D eigenvalue weighted by Crippen LogP contribution is 2.26. The standard InChI is InChI=1S/C13H23N3O/c1-3-6-12-7-4-5-8-16(12)13-15-11(9-14-2)10-17-13/h10,12,14H,3-9H2,1-2H3. The second kappa shape index (κ2) is 6.05. The largest absolute Gasteiger partial charge is 0.432 e. The molecule has 1 aliphatic heterocycles. The summed E-state index contributed by atoms with van der Waals surface area (Å²) in [5.74, 6) is 0. The number of oxazole rings is 1. The highest BCUT2D eigenvalue weighted by molar-refractivity contribution is 5.29. The maximum atomic E-state index is 5.61. The topological polar surface area (TPSA) is 41.3 Å². The van der Waals surface area contributed by atoms with Crippen LogP contribution in [0.15, 0.2) is 10.7 Å². The van der Waals surface area contributed by atoms with Crippen molar-refractivity contribution in [3.8, 4) is 0 Å². The van der Waals surface area contributed by atoms with Crippen LogP contribution in [0, 0.1) is 0 Å². The number of anilines is 1. The van der Waals surface area contributed by atoms with Gasteiger partial charge in [0.05, 0.1) is 5.69 Å². The van der Waals surface area contributed by atoms with Crippen LogP contribution in [0.1, 0.15) is 44.7 Å². The molecule has 1 atom stereocenters. The molecule has 1 unspecified atom stereocenters. The molecule has 96 valence electrons. The maximum absolute atomic E-state index is 5.61. The molecule has 2 heterocycles. The quantitative estimate of drug-likeness (QED) is 0.854. The molecular weight excluding hydrogens is 214 g/mol. The predicted molar refractivity (Wildman–Crippen MR) is 69.2 cm³/mol. The Morgan fingerprint density at radius 3 is 3.18 bits per heavy atom. The molecule has 1 aliphatic rings. The van der Waals surface area contributed by atoms with Gasteiger partial charge < -0.3 is 14.6 Å². The smallest absolute Gasteiger partial charge is 0.297 e. The number of rotatable bonds is 5. The molecule has 1 saturated heterocycles. The normalized spacial score (nSPS) is 20.8. The maximum Gasteiger partial charge on any atom is 0.297 e. The van der Waals surface area contributed by atoms with Crippen LogP contribution < -0.4 is 10.2 Å². The van der Waals surface area contributed by atoms with E-state index in [2.05, 4.69) is 22.1 Å². The van der Waals surface area contributed by atoms with Crippen molar-refractivity contribution in [2.24, 2.45) is 0 Å². The van der Waals surface area contributed by atoms with E-state index in [0.29, 0.717) is 6.04 Å². The molecule has 17 heavy (non-hydrogen) atoms. The fraction of sp³-hybridized carbons (Fsp3) is 0.769. The van der Waals surface area contributed by atoms with Crippen molar-refractivity contribution in [2.75, 3.05) is 18.5 Å². The van der Waals surface area contributed by atoms with Gasteiger partial charge in [-0.3, -0.25) is 0 Å². The fourth-order valence-electron chi connectivity index (χ4n) is 2.58. The van der Waals surface area contributed by atoms with Crippen molar-refractivity contribution < 1.29 is 4.42 Å². The molecule has 2 rings (SSSR count). The third-order valence-corrected chi connectivity index (χ3v) is 3.39. The molecule has 1 N–H and O–H groups in total. The lowest BCUT2D eigenvalue weighted by Crippen LogP contribution is -2.39. The lowest BCUT2D eigenvalue weighted by Gasteiger charge is -2.34. The van der Waals surface area contributed by atoms with Crippen LogP contribution in [0.4, 0.5) is 6.01 Å². The van der Waals surface area contributed by atoms with E-state index in [1.54, 1.807) is 6.26 Å². The summed E-state index contributed by atoms with van der Waals surface area (Å²) in [6.45, 7) is 4.11. The van der Waals surface area contributed by atoms with Crippen LogP contribution in [0.3, 0.4) is 0 Å². The Balaban J connectivity index is 2.06. The molecular formula is C13H23N3O. The van der Waals surface area contributed by atoms with Gasteiger partial charge >= 0.3 is 0 Å². The van der Waals surface area contributed by atoms with Gasteiger partial charge in [-0.1, -0.05) is 13.3 Å². The van der Waals surface area contributed by atoms with Crippen LogP contribution in [0.25, 0.3) is 0 Å². The molecule has 0 amide bonds. The number of aromatic nitrogens is 1. The lowest BCUT2D eigenvalue weighted by molar-refractivity contribution is 0.399. The van der Waals surface area contributed by atoms with E-state index in [-0.39, 0.29) is 0 Å². The van der Waals surface area contributed by atoms with Crippen molar-refractivity contribution in [2.45, 2.75) is 51.6 Å². The number of nitrogens with zero attached hydrogens (tertiary/aromatic N) is 2. The van der Waals surface area contributed by atoms with E-state index in [1.807, 2.05) is 7.05 Å². The Bertz CT molecular complexity index is 335. The van der Waals surface area contributed by atoms with Gasteiger partial charge in [0.1, 0.15) is 6.26 Å². The number of piperidine rings is 1. The Hall–Kier alpha value is -1.03. The summed E-state index contributed by atoms with van der Waals surface area (Å²) in [7, 11) is 1.93. The molecule has 0 aliphatic carbocycles. The Kier molecular flexibility index (Phi) is 4.42. The van der Waals surface area contributed by atoms with Gasteiger partial charge in [-0.25, -0.2) is 0 Å². The zero-order valence-electron chi connectivity index (χ0n) is 10.9. The van der Waals surface area contributed by atoms with E-state index >= 15 is 0 Å². The van der Waals surface area contributed by atoms with Gasteiger partial charge in [-0.2, -0.15) is 4.98 Å². The molecule has 0 radical (unpaired) electrons. The molecule has 1 aromatic heterocycles. The minimum atomic E-state index is 0.620. The Morgan fingerprint density at radius 2 is 2.41 bits per heavy atom. The van der Waals surface area contributed by atoms with E-state index in [1.165, 1.54) is 32.1 Å². The summed E-state index contributed by atoms with van der Waals surface area (Å²) in [5, 5.41) is 3.10. The lowest BCUT2D eigenvalue weighted by atomic mass is 9.99. The Morgan fingerprint density at radius 1 is 1.53 bits per heavy atom. The van der Waals surface area contributed by atoms with Gasteiger partial charge in [0.25, 0.3) is 6.01 Å². The molecule has 0 aromatic carbocycles. The third-order valence-electron chi connectivity index (χ3n) is 3.39. The van der Waals surface area contributed by atoms with Gasteiger partial charge in [0, 0.05) is 19.1 Å². The molecule has 0 saturated carbocycles. The van der Waals surface area contributed by atoms with Crippen molar-refractivity contribution in [1.82, 2.24) is 10.3 Å². The minimum Gasteiger partial charge on any atom is -0.432 e. The summed E-state index contributed by atoms with van der Waals surface area (Å²) >= 11 is 0. The van der Waals surface area contributed by atoms with Gasteiger partial charge in [0.15, 0.2) is 0 Å². The summed E-state index contributed by atoms with van der Waals surface area (Å²) in [5.41, 5.74) is 0.989. The second-order valence-corrected chi connectivity index (χ2v) is 4.78. The average Bonchev–Trinajstić information content (AvgIpc) is 2.79. The monoisotopic (exact) mass is 237 g/mol. The summed E-state index contributed by atoms with van der Waals surface area (Å²) in [6.07, 6.45) is 8.10. The molecule has 0 bridgehead atoms. The van der Waals surface area contributed by atoms with E-state index < -0.39 is 0 Å². The minimum absolute atomic E-state index is 0.620. The first-order chi connectivity index (χ1) is 8.35. The van der Waals surface area contributed by atoms with Crippen LogP contribution in [-0.2, 0) is 6.54 Å². The summed E-state index contributed by atoms with van der Waals surface area (Å²) < 4.78 is 5.61. The van der Waals surface area contributed by atoms with Crippen LogP contribution in [-0.4, -0.2) is 24.6 Å². The number of hydrogen-bond acceptors (Lipinski definition) is 4. The predicted octanol–water partition coefficient (Wildman–Crippen LogP) is 2.55. The van der Waals surface area contributed by atoms with Crippen molar-refractivity contribution in [3.63, 3.8) is 0 Å². The second-order valence-electron chi connectivity index (χ2n) is 4.78. The highest BCUT2D eigenvalue weighted by atomic mass is 16.4. The first-order valence-corrected chi connectivity index (χ1v) is 6.70. The number of nitrogens with one attached hydrogen (secondary N) is 1. The first kappa shape index (κ1) is 12.4. The van der Waals surface area contributed by atoms with Crippen LogP contribution in [0.2, 0.25) is 0 Å². The number of hydrogen-bond donors (Lipinski definition) is 1. The highest BCUT2D eigenvalue weighted by Gasteiger charge is 2.25. The van der Waals surface area contributed by atoms with Crippen molar-refractivity contribution >= 4 is 6.01 Å². The molecule has 1 fully saturated rings. The molecule has 1 aromatic rings. The van der Waals surface area contributed by atoms with Gasteiger partial charge in [-0.15, -0.1) is 0 Å². The van der Waals surface area contributed by atoms with E-state index in [4.69, 9.17) is 4.42 Å². The zero-order chi connectivity index (χ0) is 12.1. The Labute approximate surface area is 103 Å². The zero-order valence-corrected chi connectivity index (χ0v) is 10.9. The third kappa shape index (κ3) is 3.00. The van der Waals surface area contributed by atoms with Crippen LogP contribution >= 0.6 is 0 Å². The van der Waals surface area contributed by atoms with Crippen LogP contribution in [0.5, 0.6) is 0 Å². The molecule has 0 spiro atoms. The first-order valence-electron chi connectivity index (χ1n) is 6.70. The fourth-order valence-corrected chi connectivity index (χ4v) is 2.58. The van der Waals surface area contributed by atoms with E-state index in [0.717, 1.165) is 24.8 Å². The summed E-state index contributed by atoms with van der Waals surface area (Å²) in [6, 6.07) is 1.43. The summed E-state index contributed by atoms with van der Waals surface area (Å²) in [4.78, 5) is 6.91. The van der Waals surface area contributed by atoms with Crippen molar-refractivity contribution in [3.05, 3.63) is 12.0 Å². The van der Waals surface area contributed by atoms with E-state index in [9.17, 15) is 0 Å². The molecule has 4 heteroatoms. The van der Waals surface area contributed by atoms with Gasteiger partial charge in [0.2, 0.25) is 0 Å². The van der Waals surface area contributed by atoms with Crippen molar-refractivity contribution in [1.29, 1.82) is 0 Å². The van der Waals surface area contributed by atoms with Gasteiger partial charge in [-0.05, 0) is 32.7 Å². The molecule has 4 nitrogen and oxygen atoms in total. The average molecular weight is 237 g/mol.